The molecule has 2 heterocycles. The van der Waals surface area contributed by atoms with E-state index in [9.17, 15) is 27.5 Å². The first-order valence-corrected chi connectivity index (χ1v) is 12.5. The number of carboxylic acids is 1. The third-order valence-corrected chi connectivity index (χ3v) is 7.53. The molecule has 38 heavy (non-hydrogen) atoms. The fourth-order valence-corrected chi connectivity index (χ4v) is 5.23. The van der Waals surface area contributed by atoms with Crippen LogP contribution in [0, 0.1) is 28.7 Å². The number of aromatic nitrogens is 1. The average molecular weight is 537 g/mol. The number of likely N-dealkylation sites (tertiary alicyclic amines) is 1. The fraction of sp³-hybridized carbons (Fsp3) is 0.429. The molecule has 1 aromatic heterocycles. The molecule has 4 rings (SSSR count). The number of alkyl halides is 1. The van der Waals surface area contributed by atoms with Crippen LogP contribution in [0.5, 0.6) is 5.75 Å². The Bertz CT molecular complexity index is 1290. The summed E-state index contributed by atoms with van der Waals surface area (Å²) >= 11 is 0. The molecule has 1 aliphatic heterocycles. The number of aliphatic carboxylic acids is 1. The van der Waals surface area contributed by atoms with E-state index >= 15 is 4.39 Å². The first-order valence-electron chi connectivity index (χ1n) is 12.5. The molecule has 1 fully saturated rings. The van der Waals surface area contributed by atoms with E-state index in [0.717, 1.165) is 6.20 Å². The third-order valence-electron chi connectivity index (χ3n) is 7.53. The van der Waals surface area contributed by atoms with Gasteiger partial charge >= 0.3 is 5.97 Å². The molecule has 0 saturated carbocycles. The van der Waals surface area contributed by atoms with Crippen molar-refractivity contribution in [1.29, 1.82) is 0 Å². The number of rotatable bonds is 10. The molecule has 2 aromatic carbocycles. The summed E-state index contributed by atoms with van der Waals surface area (Å²) in [6.45, 7) is 1.32. The number of benzene rings is 2. The molecule has 1 atom stereocenters. The van der Waals surface area contributed by atoms with Gasteiger partial charge in [-0.2, -0.15) is 0 Å². The first-order chi connectivity index (χ1) is 18.1. The number of methoxy groups -OCH3 is 1. The summed E-state index contributed by atoms with van der Waals surface area (Å²) in [6.07, 6.45) is 0.0962. The Morgan fingerprint density at radius 1 is 1.11 bits per heavy atom. The van der Waals surface area contributed by atoms with Crippen LogP contribution in [0.3, 0.4) is 0 Å². The van der Waals surface area contributed by atoms with E-state index in [0.29, 0.717) is 49.5 Å². The number of ether oxygens (including phenoxy) is 1. The summed E-state index contributed by atoms with van der Waals surface area (Å²) in [5, 5.41) is 10.3. The summed E-state index contributed by atoms with van der Waals surface area (Å²) in [4.78, 5) is 18.2. The smallest absolute Gasteiger partial charge is 0.309 e. The number of fused-ring (bicyclic) bond motifs is 1. The van der Waals surface area contributed by atoms with Crippen LogP contribution in [0.4, 0.5) is 22.0 Å². The molecule has 0 amide bonds. The number of pyridine rings is 1. The molecule has 5 nitrogen and oxygen atoms in total. The zero-order valence-corrected chi connectivity index (χ0v) is 21.0. The van der Waals surface area contributed by atoms with E-state index in [1.54, 1.807) is 12.1 Å². The Morgan fingerprint density at radius 3 is 2.42 bits per heavy atom. The van der Waals surface area contributed by atoms with Gasteiger partial charge in [-0.3, -0.25) is 9.78 Å². The van der Waals surface area contributed by atoms with Gasteiger partial charge in [-0.25, -0.2) is 22.0 Å². The monoisotopic (exact) mass is 536 g/mol. The van der Waals surface area contributed by atoms with Crippen molar-refractivity contribution in [3.05, 3.63) is 70.9 Å². The predicted molar refractivity (Wildman–Crippen MR) is 132 cm³/mol. The van der Waals surface area contributed by atoms with Gasteiger partial charge < -0.3 is 14.7 Å². The molecular formula is C28H29F5N2O3. The molecular weight excluding hydrogens is 507 g/mol. The molecule has 3 aromatic rings. The Labute approximate surface area is 217 Å². The maximum atomic E-state index is 15.4. The van der Waals surface area contributed by atoms with Crippen molar-refractivity contribution in [1.82, 2.24) is 9.88 Å². The second-order valence-electron chi connectivity index (χ2n) is 9.79. The molecule has 0 radical (unpaired) electrons. The number of carbonyl (C=O) groups is 1. The van der Waals surface area contributed by atoms with Crippen LogP contribution >= 0.6 is 0 Å². The van der Waals surface area contributed by atoms with Gasteiger partial charge in [0, 0.05) is 28.6 Å². The first kappa shape index (κ1) is 27.8. The molecule has 1 aliphatic rings. The van der Waals surface area contributed by atoms with Crippen molar-refractivity contribution >= 4 is 16.9 Å². The normalized spacial score (nSPS) is 16.5. The largest absolute Gasteiger partial charge is 0.497 e. The number of carboxylic acid groups (broad SMARTS) is 1. The Morgan fingerprint density at radius 2 is 1.79 bits per heavy atom. The lowest BCUT2D eigenvalue weighted by atomic mass is 9.74. The van der Waals surface area contributed by atoms with Crippen LogP contribution in [0.25, 0.3) is 10.9 Å². The summed E-state index contributed by atoms with van der Waals surface area (Å²) in [7, 11) is 1.45. The minimum absolute atomic E-state index is 0.0244. The van der Waals surface area contributed by atoms with Crippen molar-refractivity contribution in [3.63, 3.8) is 0 Å². The Balaban J connectivity index is 1.37. The van der Waals surface area contributed by atoms with E-state index < -0.39 is 40.8 Å². The number of nitrogens with zero attached hydrogens (tertiary/aromatic N) is 2. The van der Waals surface area contributed by atoms with Gasteiger partial charge in [0.2, 0.25) is 0 Å². The molecule has 10 heteroatoms. The van der Waals surface area contributed by atoms with Gasteiger partial charge in [-0.1, -0.05) is 0 Å². The fourth-order valence-electron chi connectivity index (χ4n) is 5.23. The molecule has 1 N–H and O–H groups in total. The minimum atomic E-state index is -1.73. The van der Waals surface area contributed by atoms with Gasteiger partial charge in [0.05, 0.1) is 24.2 Å². The van der Waals surface area contributed by atoms with Gasteiger partial charge in [0.25, 0.3) is 0 Å². The standard InChI is InChI=1S/C28H29F5N2O3/c1-38-18-4-5-25-20(15-18)26(24(33)16-34-25)21(30)6-7-28(27(36)37)8-11-35(12-9-28)10-2-3-19-22(31)13-17(29)14-23(19)32/h4-5,13-16,21H,2-3,6-12H2,1H3,(H,36,37)/t21-/m1/s1. The predicted octanol–water partition coefficient (Wildman–Crippen LogP) is 6.39. The topological polar surface area (TPSA) is 62.7 Å². The maximum Gasteiger partial charge on any atom is 0.309 e. The lowest BCUT2D eigenvalue weighted by Gasteiger charge is -2.39. The molecule has 0 bridgehead atoms. The molecule has 0 aliphatic carbocycles. The second-order valence-corrected chi connectivity index (χ2v) is 9.79. The third kappa shape index (κ3) is 5.90. The van der Waals surface area contributed by atoms with Gasteiger partial charge in [-0.15, -0.1) is 0 Å². The zero-order chi connectivity index (χ0) is 27.4. The van der Waals surface area contributed by atoms with Gasteiger partial charge in [-0.05, 0) is 76.4 Å². The molecule has 0 spiro atoms. The van der Waals surface area contributed by atoms with E-state index in [2.05, 4.69) is 4.98 Å². The van der Waals surface area contributed by atoms with Crippen molar-refractivity contribution in [2.24, 2.45) is 5.41 Å². The lowest BCUT2D eigenvalue weighted by molar-refractivity contribution is -0.153. The Kier molecular flexibility index (Phi) is 8.50. The minimum Gasteiger partial charge on any atom is -0.497 e. The quantitative estimate of drug-likeness (QED) is 0.304. The molecule has 1 saturated heterocycles. The van der Waals surface area contributed by atoms with Crippen molar-refractivity contribution in [3.8, 4) is 5.75 Å². The Hall–Kier alpha value is -3.27. The molecule has 0 unspecified atom stereocenters. The van der Waals surface area contributed by atoms with Crippen LogP contribution in [-0.4, -0.2) is 47.7 Å². The number of hydrogen-bond donors (Lipinski definition) is 1. The van der Waals surface area contributed by atoms with E-state index in [4.69, 9.17) is 4.74 Å². The highest BCUT2D eigenvalue weighted by atomic mass is 19.2. The van der Waals surface area contributed by atoms with Crippen molar-refractivity contribution in [2.75, 3.05) is 26.7 Å². The van der Waals surface area contributed by atoms with E-state index in [1.165, 1.54) is 13.2 Å². The summed E-state index contributed by atoms with van der Waals surface area (Å²) in [5.74, 6) is -4.22. The van der Waals surface area contributed by atoms with E-state index in [1.807, 2.05) is 4.90 Å². The number of hydrogen-bond acceptors (Lipinski definition) is 4. The SMILES string of the molecule is COc1ccc2ncc(F)c([C@H](F)CCC3(C(=O)O)CCN(CCCc4c(F)cc(F)cc4F)CC3)c2c1. The van der Waals surface area contributed by atoms with Crippen LogP contribution in [0.2, 0.25) is 0 Å². The second kappa shape index (κ2) is 11.6. The van der Waals surface area contributed by atoms with Crippen molar-refractivity contribution < 1.29 is 36.6 Å². The average Bonchev–Trinajstić information content (AvgIpc) is 2.89. The van der Waals surface area contributed by atoms with Gasteiger partial charge in [0.15, 0.2) is 0 Å². The maximum absolute atomic E-state index is 15.4. The highest BCUT2D eigenvalue weighted by molar-refractivity contribution is 5.84. The molecule has 204 valence electrons. The highest BCUT2D eigenvalue weighted by Crippen LogP contribution is 2.41. The number of halogens is 5. The summed E-state index contributed by atoms with van der Waals surface area (Å²) in [6, 6.07) is 6.06. The number of piperidine rings is 1. The summed E-state index contributed by atoms with van der Waals surface area (Å²) in [5.41, 5.74) is -1.09. The highest BCUT2D eigenvalue weighted by Gasteiger charge is 2.41. The zero-order valence-electron chi connectivity index (χ0n) is 21.0. The van der Waals surface area contributed by atoms with Crippen LogP contribution in [-0.2, 0) is 11.2 Å². The van der Waals surface area contributed by atoms with Crippen LogP contribution in [0.1, 0.15) is 49.4 Å². The van der Waals surface area contributed by atoms with Crippen LogP contribution < -0.4 is 4.74 Å². The van der Waals surface area contributed by atoms with Crippen LogP contribution in [0.15, 0.2) is 36.5 Å². The van der Waals surface area contributed by atoms with E-state index in [-0.39, 0.29) is 48.6 Å². The van der Waals surface area contributed by atoms with Crippen molar-refractivity contribution in [2.45, 2.75) is 44.7 Å². The summed E-state index contributed by atoms with van der Waals surface area (Å²) < 4.78 is 76.1. The van der Waals surface area contributed by atoms with Gasteiger partial charge in [0.1, 0.15) is 35.2 Å². The lowest BCUT2D eigenvalue weighted by Crippen LogP contribution is -2.44.